The number of benzene rings is 1. The highest BCUT2D eigenvalue weighted by Gasteiger charge is 2.23. The van der Waals surface area contributed by atoms with Crippen molar-refractivity contribution >= 4 is 27.5 Å². The van der Waals surface area contributed by atoms with Crippen LogP contribution in [0.4, 0.5) is 5.69 Å². The molecular weight excluding hydrogens is 330 g/mol. The number of carbonyl (C=O) groups excluding carboxylic acids is 1. The predicted molar refractivity (Wildman–Crippen MR) is 89.0 cm³/mol. The normalized spacial score (nSPS) is 11.5. The lowest BCUT2D eigenvalue weighted by molar-refractivity contribution is 0.102. The summed E-state index contributed by atoms with van der Waals surface area (Å²) < 4.78 is 6.21. The minimum absolute atomic E-state index is 0.0392. The van der Waals surface area contributed by atoms with Crippen molar-refractivity contribution < 1.29 is 9.21 Å². The predicted octanol–water partition coefficient (Wildman–Crippen LogP) is 5.21. The van der Waals surface area contributed by atoms with E-state index in [1.54, 1.807) is 6.92 Å². The molecule has 0 aliphatic heterocycles. The van der Waals surface area contributed by atoms with Gasteiger partial charge in [0.15, 0.2) is 0 Å². The Morgan fingerprint density at radius 2 is 1.76 bits per heavy atom. The van der Waals surface area contributed by atoms with Crippen LogP contribution >= 0.6 is 15.9 Å². The van der Waals surface area contributed by atoms with E-state index in [1.807, 2.05) is 31.2 Å². The van der Waals surface area contributed by atoms with Crippen LogP contribution in [0, 0.1) is 13.8 Å². The topological polar surface area (TPSA) is 42.2 Å². The van der Waals surface area contributed by atoms with E-state index in [0.29, 0.717) is 21.6 Å². The monoisotopic (exact) mass is 349 g/mol. The van der Waals surface area contributed by atoms with Gasteiger partial charge >= 0.3 is 0 Å². The summed E-state index contributed by atoms with van der Waals surface area (Å²) in [5, 5.41) is 3.00. The molecule has 0 saturated carbocycles. The Balaban J connectivity index is 2.37. The van der Waals surface area contributed by atoms with Gasteiger partial charge in [0.2, 0.25) is 0 Å². The number of amides is 1. The number of furan rings is 1. The van der Waals surface area contributed by atoms with Crippen molar-refractivity contribution in [3.63, 3.8) is 0 Å². The van der Waals surface area contributed by atoms with Gasteiger partial charge in [-0.15, -0.1) is 0 Å². The van der Waals surface area contributed by atoms with Crippen LogP contribution < -0.4 is 5.32 Å². The molecule has 4 heteroatoms. The average molecular weight is 350 g/mol. The summed E-state index contributed by atoms with van der Waals surface area (Å²) in [4.78, 5) is 12.5. The molecule has 0 atom stereocenters. The highest BCUT2D eigenvalue weighted by molar-refractivity contribution is 9.10. The summed E-state index contributed by atoms with van der Waals surface area (Å²) in [6.07, 6.45) is 0. The van der Waals surface area contributed by atoms with Crippen molar-refractivity contribution in [3.8, 4) is 0 Å². The second kappa shape index (κ2) is 5.68. The van der Waals surface area contributed by atoms with Gasteiger partial charge in [0.05, 0.1) is 10.0 Å². The van der Waals surface area contributed by atoms with E-state index in [2.05, 4.69) is 42.0 Å². The molecule has 0 saturated heterocycles. The number of anilines is 1. The molecule has 21 heavy (non-hydrogen) atoms. The van der Waals surface area contributed by atoms with E-state index in [1.165, 1.54) is 0 Å². The van der Waals surface area contributed by atoms with E-state index in [0.717, 1.165) is 11.3 Å². The van der Waals surface area contributed by atoms with Gasteiger partial charge in [-0.3, -0.25) is 4.79 Å². The second-order valence-corrected chi connectivity index (χ2v) is 6.95. The first kappa shape index (κ1) is 15.8. The van der Waals surface area contributed by atoms with Gasteiger partial charge in [-0.2, -0.15) is 0 Å². The van der Waals surface area contributed by atoms with E-state index < -0.39 is 0 Å². The number of hydrogen-bond donors (Lipinski definition) is 1. The Morgan fingerprint density at radius 1 is 1.14 bits per heavy atom. The fourth-order valence-corrected chi connectivity index (χ4v) is 2.89. The third-order valence-electron chi connectivity index (χ3n) is 3.40. The van der Waals surface area contributed by atoms with Crippen LogP contribution in [0.3, 0.4) is 0 Å². The van der Waals surface area contributed by atoms with Crippen molar-refractivity contribution in [1.29, 1.82) is 0 Å². The number of carbonyl (C=O) groups is 1. The Morgan fingerprint density at radius 3 is 2.29 bits per heavy atom. The van der Waals surface area contributed by atoms with Crippen molar-refractivity contribution in [2.75, 3.05) is 5.32 Å². The van der Waals surface area contributed by atoms with Crippen molar-refractivity contribution in [3.05, 3.63) is 51.4 Å². The van der Waals surface area contributed by atoms with E-state index in [9.17, 15) is 4.79 Å². The largest absolute Gasteiger partial charge is 0.465 e. The third kappa shape index (κ3) is 3.21. The van der Waals surface area contributed by atoms with E-state index >= 15 is 0 Å². The summed E-state index contributed by atoms with van der Waals surface area (Å²) in [6.45, 7) is 10.0. The number of hydrogen-bond acceptors (Lipinski definition) is 2. The highest BCUT2D eigenvalue weighted by Crippen LogP contribution is 2.31. The van der Waals surface area contributed by atoms with Crippen LogP contribution in [0.15, 0.2) is 33.2 Å². The molecule has 2 rings (SSSR count). The molecule has 1 aromatic carbocycles. The van der Waals surface area contributed by atoms with Gasteiger partial charge in [0.1, 0.15) is 11.5 Å². The molecule has 0 unspecified atom stereocenters. The first-order valence-electron chi connectivity index (χ1n) is 6.88. The molecule has 112 valence electrons. The van der Waals surface area contributed by atoms with Crippen LogP contribution in [0.25, 0.3) is 0 Å². The van der Waals surface area contributed by atoms with Gasteiger partial charge in [0.25, 0.3) is 5.91 Å². The molecule has 1 N–H and O–H groups in total. The molecule has 1 aromatic heterocycles. The molecule has 1 heterocycles. The number of para-hydroxylation sites is 1. The second-order valence-electron chi connectivity index (χ2n) is 6.15. The molecule has 0 fully saturated rings. The zero-order chi connectivity index (χ0) is 15.8. The van der Waals surface area contributed by atoms with Gasteiger partial charge in [-0.05, 0) is 46.8 Å². The molecule has 0 bridgehead atoms. The van der Waals surface area contributed by atoms with Gasteiger partial charge < -0.3 is 9.73 Å². The molecule has 0 aliphatic rings. The average Bonchev–Trinajstić information content (AvgIpc) is 2.62. The molecule has 0 spiro atoms. The van der Waals surface area contributed by atoms with Crippen molar-refractivity contribution in [2.45, 2.75) is 40.0 Å². The Bertz CT molecular complexity index is 681. The summed E-state index contributed by atoms with van der Waals surface area (Å²) in [6, 6.07) is 7.87. The van der Waals surface area contributed by atoms with Crippen LogP contribution in [0.1, 0.15) is 48.2 Å². The maximum absolute atomic E-state index is 12.5. The molecule has 1 amide bonds. The zero-order valence-electron chi connectivity index (χ0n) is 13.0. The number of nitrogens with one attached hydrogen (secondary N) is 1. The van der Waals surface area contributed by atoms with Crippen LogP contribution in [-0.2, 0) is 5.41 Å². The lowest BCUT2D eigenvalue weighted by atomic mass is 9.86. The van der Waals surface area contributed by atoms with Gasteiger partial charge in [-0.25, -0.2) is 0 Å². The number of halogens is 1. The summed E-state index contributed by atoms with van der Waals surface area (Å²) >= 11 is 3.42. The summed E-state index contributed by atoms with van der Waals surface area (Å²) in [7, 11) is 0. The molecule has 0 radical (unpaired) electrons. The van der Waals surface area contributed by atoms with Crippen molar-refractivity contribution in [2.24, 2.45) is 0 Å². The molecule has 3 nitrogen and oxygen atoms in total. The SMILES string of the molecule is Cc1oc(C)c(C(=O)Nc2ccccc2C(C)(C)C)c1Br. The fourth-order valence-electron chi connectivity index (χ4n) is 2.35. The minimum atomic E-state index is -0.159. The maximum Gasteiger partial charge on any atom is 0.260 e. The van der Waals surface area contributed by atoms with Crippen LogP contribution in [0.5, 0.6) is 0 Å². The van der Waals surface area contributed by atoms with E-state index in [4.69, 9.17) is 4.42 Å². The summed E-state index contributed by atoms with van der Waals surface area (Å²) in [5.74, 6) is 1.17. The first-order valence-corrected chi connectivity index (χ1v) is 7.67. The van der Waals surface area contributed by atoms with Crippen LogP contribution in [0.2, 0.25) is 0 Å². The highest BCUT2D eigenvalue weighted by atomic mass is 79.9. The standard InChI is InChI=1S/C17H20BrNO2/c1-10-14(15(18)11(2)21-10)16(20)19-13-9-7-6-8-12(13)17(3,4)5/h6-9H,1-5H3,(H,19,20). The fraction of sp³-hybridized carbons (Fsp3) is 0.353. The lowest BCUT2D eigenvalue weighted by Crippen LogP contribution is -2.19. The third-order valence-corrected chi connectivity index (χ3v) is 4.35. The van der Waals surface area contributed by atoms with Crippen LogP contribution in [-0.4, -0.2) is 5.91 Å². The zero-order valence-corrected chi connectivity index (χ0v) is 14.6. The van der Waals surface area contributed by atoms with E-state index in [-0.39, 0.29) is 11.3 Å². The Kier molecular flexibility index (Phi) is 4.28. The smallest absolute Gasteiger partial charge is 0.260 e. The summed E-state index contributed by atoms with van der Waals surface area (Å²) in [5.41, 5.74) is 2.45. The van der Waals surface area contributed by atoms with Crippen molar-refractivity contribution in [1.82, 2.24) is 0 Å². The molecular formula is C17H20BrNO2. The molecule has 2 aromatic rings. The first-order chi connectivity index (χ1) is 9.71. The van der Waals surface area contributed by atoms with Gasteiger partial charge in [0, 0.05) is 5.69 Å². The molecule has 0 aliphatic carbocycles. The minimum Gasteiger partial charge on any atom is -0.465 e. The number of rotatable bonds is 2. The van der Waals surface area contributed by atoms with Gasteiger partial charge in [-0.1, -0.05) is 39.0 Å². The maximum atomic E-state index is 12.5. The number of aryl methyl sites for hydroxylation is 2. The quantitative estimate of drug-likeness (QED) is 0.808. The Hall–Kier alpha value is -1.55. The lowest BCUT2D eigenvalue weighted by Gasteiger charge is -2.23. The Labute approximate surface area is 133 Å².